The number of hydrogen-bond acceptors (Lipinski definition) is 3. The molecule has 3 nitrogen and oxygen atoms in total. The molecule has 0 bridgehead atoms. The highest BCUT2D eigenvalue weighted by Crippen LogP contribution is 2.30. The normalized spacial score (nSPS) is 24.0. The summed E-state index contributed by atoms with van der Waals surface area (Å²) in [7, 11) is 4.18. The highest BCUT2D eigenvalue weighted by molar-refractivity contribution is 5.48. The number of likely N-dealkylation sites (tertiary alicyclic amines) is 1. The van der Waals surface area contributed by atoms with E-state index in [0.29, 0.717) is 0 Å². The van der Waals surface area contributed by atoms with Crippen molar-refractivity contribution in [2.75, 3.05) is 46.9 Å². The molecule has 0 aromatic heterocycles. The van der Waals surface area contributed by atoms with Crippen molar-refractivity contribution in [2.45, 2.75) is 12.8 Å². The smallest absolute Gasteiger partial charge is 0.0512 e. The van der Waals surface area contributed by atoms with Gasteiger partial charge >= 0.3 is 0 Å². The lowest BCUT2D eigenvalue weighted by Crippen LogP contribution is -2.50. The van der Waals surface area contributed by atoms with Gasteiger partial charge in [-0.05, 0) is 39.0 Å². The van der Waals surface area contributed by atoms with Gasteiger partial charge in [-0.15, -0.1) is 0 Å². The molecular weight excluding hydrogens is 260 g/mol. The second-order valence-electron chi connectivity index (χ2n) is 6.55. The molecule has 1 unspecified atom stereocenters. The van der Waals surface area contributed by atoms with E-state index in [9.17, 15) is 5.11 Å². The maximum absolute atomic E-state index is 9.84. The van der Waals surface area contributed by atoms with Gasteiger partial charge in [0.05, 0.1) is 6.61 Å². The Morgan fingerprint density at radius 1 is 1.29 bits per heavy atom. The zero-order chi connectivity index (χ0) is 15.1. The molecule has 1 aromatic carbocycles. The molecule has 0 amide bonds. The lowest BCUT2D eigenvalue weighted by Gasteiger charge is -2.43. The van der Waals surface area contributed by atoms with Crippen LogP contribution in [0.3, 0.4) is 0 Å². The molecule has 1 saturated heterocycles. The lowest BCUT2D eigenvalue weighted by atomic mass is 9.80. The molecule has 3 heteroatoms. The van der Waals surface area contributed by atoms with Crippen molar-refractivity contribution in [2.24, 2.45) is 5.41 Å². The van der Waals surface area contributed by atoms with Crippen LogP contribution >= 0.6 is 0 Å². The number of aliphatic hydroxyl groups excluding tert-OH is 1. The summed E-state index contributed by atoms with van der Waals surface area (Å²) in [5.41, 5.74) is 1.29. The van der Waals surface area contributed by atoms with Gasteiger partial charge in [0.15, 0.2) is 0 Å². The van der Waals surface area contributed by atoms with E-state index < -0.39 is 0 Å². The van der Waals surface area contributed by atoms with Crippen LogP contribution in [0.1, 0.15) is 18.4 Å². The van der Waals surface area contributed by atoms with Crippen molar-refractivity contribution in [1.29, 1.82) is 0 Å². The molecule has 1 atom stereocenters. The topological polar surface area (TPSA) is 26.7 Å². The van der Waals surface area contributed by atoms with Crippen LogP contribution in [0.15, 0.2) is 36.4 Å². The van der Waals surface area contributed by atoms with Gasteiger partial charge in [-0.2, -0.15) is 0 Å². The fourth-order valence-corrected chi connectivity index (χ4v) is 3.35. The number of hydrogen-bond donors (Lipinski definition) is 1. The molecule has 0 saturated carbocycles. The maximum Gasteiger partial charge on any atom is 0.0512 e. The highest BCUT2D eigenvalue weighted by atomic mass is 16.3. The van der Waals surface area contributed by atoms with Crippen molar-refractivity contribution in [3.8, 4) is 0 Å². The van der Waals surface area contributed by atoms with Gasteiger partial charge in [-0.25, -0.2) is 0 Å². The van der Waals surface area contributed by atoms with E-state index >= 15 is 0 Å². The van der Waals surface area contributed by atoms with Crippen LogP contribution in [0.4, 0.5) is 0 Å². The third kappa shape index (κ3) is 4.95. The largest absolute Gasteiger partial charge is 0.396 e. The third-order valence-corrected chi connectivity index (χ3v) is 4.20. The van der Waals surface area contributed by atoms with Gasteiger partial charge in [0.2, 0.25) is 0 Å². The molecule has 2 rings (SSSR count). The van der Waals surface area contributed by atoms with E-state index in [4.69, 9.17) is 0 Å². The summed E-state index contributed by atoms with van der Waals surface area (Å²) >= 11 is 0. The van der Waals surface area contributed by atoms with E-state index in [1.54, 1.807) is 0 Å². The van der Waals surface area contributed by atoms with Crippen LogP contribution in [0, 0.1) is 5.41 Å². The molecular formula is C18H28N2O. The van der Waals surface area contributed by atoms with E-state index in [1.165, 1.54) is 12.0 Å². The van der Waals surface area contributed by atoms with Gasteiger partial charge in [0, 0.05) is 25.0 Å². The summed E-state index contributed by atoms with van der Waals surface area (Å²) in [6.45, 7) is 4.33. The fourth-order valence-electron chi connectivity index (χ4n) is 3.35. The molecule has 0 spiro atoms. The van der Waals surface area contributed by atoms with Crippen molar-refractivity contribution in [3.63, 3.8) is 0 Å². The van der Waals surface area contributed by atoms with Crippen molar-refractivity contribution in [1.82, 2.24) is 9.80 Å². The summed E-state index contributed by atoms with van der Waals surface area (Å²) in [5, 5.41) is 9.84. The SMILES string of the molecule is CN(C)CC1(CO)CCCN(C/C=C/c2ccccc2)C1. The van der Waals surface area contributed by atoms with Gasteiger partial charge in [-0.3, -0.25) is 4.90 Å². The van der Waals surface area contributed by atoms with Crippen LogP contribution in [0.2, 0.25) is 0 Å². The van der Waals surface area contributed by atoms with Gasteiger partial charge in [0.1, 0.15) is 0 Å². The lowest BCUT2D eigenvalue weighted by molar-refractivity contribution is 0.0180. The van der Waals surface area contributed by atoms with E-state index in [1.807, 2.05) is 6.07 Å². The Bertz CT molecular complexity index is 444. The molecule has 1 fully saturated rings. The summed E-state index contributed by atoms with van der Waals surface area (Å²) in [4.78, 5) is 4.65. The minimum Gasteiger partial charge on any atom is -0.396 e. The molecule has 1 heterocycles. The summed E-state index contributed by atoms with van der Waals surface area (Å²) in [6, 6.07) is 10.4. The molecule has 1 N–H and O–H groups in total. The Morgan fingerprint density at radius 3 is 2.71 bits per heavy atom. The predicted molar refractivity (Wildman–Crippen MR) is 89.2 cm³/mol. The Hall–Kier alpha value is -1.16. The second kappa shape index (κ2) is 7.74. The summed E-state index contributed by atoms with van der Waals surface area (Å²) < 4.78 is 0. The van der Waals surface area contributed by atoms with Crippen LogP contribution in [-0.4, -0.2) is 61.8 Å². The van der Waals surface area contributed by atoms with Gasteiger partial charge in [0.25, 0.3) is 0 Å². The van der Waals surface area contributed by atoms with Crippen LogP contribution in [-0.2, 0) is 0 Å². The molecule has 1 aliphatic rings. The number of piperidine rings is 1. The second-order valence-corrected chi connectivity index (χ2v) is 6.55. The maximum atomic E-state index is 9.84. The van der Waals surface area contributed by atoms with E-state index in [-0.39, 0.29) is 12.0 Å². The zero-order valence-electron chi connectivity index (χ0n) is 13.3. The fraction of sp³-hybridized carbons (Fsp3) is 0.556. The first-order valence-corrected chi connectivity index (χ1v) is 7.83. The zero-order valence-corrected chi connectivity index (χ0v) is 13.3. The van der Waals surface area contributed by atoms with E-state index in [2.05, 4.69) is 60.3 Å². The molecule has 0 radical (unpaired) electrons. The monoisotopic (exact) mass is 288 g/mol. The molecule has 1 aromatic rings. The van der Waals surface area contributed by atoms with Crippen molar-refractivity contribution >= 4 is 6.08 Å². The number of rotatable bonds is 6. The third-order valence-electron chi connectivity index (χ3n) is 4.20. The Morgan fingerprint density at radius 2 is 2.05 bits per heavy atom. The highest BCUT2D eigenvalue weighted by Gasteiger charge is 2.34. The average molecular weight is 288 g/mol. The molecule has 21 heavy (non-hydrogen) atoms. The standard InChI is InChI=1S/C18H28N2O/c1-19(2)14-18(16-21)11-7-13-20(15-18)12-6-10-17-8-4-3-5-9-17/h3-6,8-10,21H,7,11-16H2,1-2H3/b10-6+. The molecule has 1 aliphatic heterocycles. The van der Waals surface area contributed by atoms with Crippen LogP contribution < -0.4 is 0 Å². The minimum absolute atomic E-state index is 0.0440. The number of aliphatic hydroxyl groups is 1. The Kier molecular flexibility index (Phi) is 5.97. The molecule has 0 aliphatic carbocycles. The molecule has 116 valence electrons. The first-order chi connectivity index (χ1) is 10.1. The summed E-state index contributed by atoms with van der Waals surface area (Å²) in [6.07, 6.45) is 6.72. The first-order valence-electron chi connectivity index (χ1n) is 7.83. The summed E-state index contributed by atoms with van der Waals surface area (Å²) in [5.74, 6) is 0. The predicted octanol–water partition coefficient (Wildman–Crippen LogP) is 2.34. The quantitative estimate of drug-likeness (QED) is 0.870. The first kappa shape index (κ1) is 16.2. The van der Waals surface area contributed by atoms with Crippen molar-refractivity contribution < 1.29 is 5.11 Å². The number of nitrogens with zero attached hydrogens (tertiary/aromatic N) is 2. The Balaban J connectivity index is 1.90. The number of benzene rings is 1. The average Bonchev–Trinajstić information content (AvgIpc) is 2.48. The van der Waals surface area contributed by atoms with Gasteiger partial charge < -0.3 is 10.0 Å². The van der Waals surface area contributed by atoms with Crippen LogP contribution in [0.5, 0.6) is 0 Å². The van der Waals surface area contributed by atoms with E-state index in [0.717, 1.165) is 32.6 Å². The van der Waals surface area contributed by atoms with Crippen molar-refractivity contribution in [3.05, 3.63) is 42.0 Å². The van der Waals surface area contributed by atoms with Gasteiger partial charge in [-0.1, -0.05) is 42.5 Å². The van der Waals surface area contributed by atoms with Crippen LogP contribution in [0.25, 0.3) is 6.08 Å². The Labute approximate surface area is 128 Å². The minimum atomic E-state index is 0.0440.